The average molecular weight is 382 g/mol. The third-order valence-corrected chi connectivity index (χ3v) is 6.09. The molecule has 0 amide bonds. The number of hydrogen-bond donors (Lipinski definition) is 0. The van der Waals surface area contributed by atoms with Gasteiger partial charge in [0.15, 0.2) is 0 Å². The Hall–Kier alpha value is -1.87. The Balaban J connectivity index is 0.00000210. The monoisotopic (exact) mass is 381 g/mol. The van der Waals surface area contributed by atoms with Gasteiger partial charge in [-0.2, -0.15) is 0 Å². The number of likely N-dealkylation sites (N-methyl/N-ethyl adjacent to an activating group) is 1. The minimum atomic E-state index is -0.265. The number of halogens is 1. The molecule has 0 saturated carbocycles. The average Bonchev–Trinajstić information content (AvgIpc) is 2.67. The number of fused-ring (bicyclic) bond motifs is 2. The molecule has 3 aromatic carbocycles. The van der Waals surface area contributed by atoms with Crippen molar-refractivity contribution in [1.82, 2.24) is 4.90 Å². The molecule has 1 aliphatic carbocycles. The molecule has 1 aliphatic rings. The van der Waals surface area contributed by atoms with E-state index in [1.807, 2.05) is 7.11 Å². The molecule has 0 bridgehead atoms. The maximum atomic E-state index is 6.04. The van der Waals surface area contributed by atoms with Gasteiger partial charge in [0, 0.05) is 13.2 Å². The van der Waals surface area contributed by atoms with Crippen LogP contribution in [-0.2, 0) is 16.8 Å². The number of methoxy groups -OCH3 is 1. The summed E-state index contributed by atoms with van der Waals surface area (Å²) in [6.07, 6.45) is 2.21. The van der Waals surface area contributed by atoms with Gasteiger partial charge in [-0.15, -0.1) is 12.4 Å². The van der Waals surface area contributed by atoms with Gasteiger partial charge in [-0.1, -0.05) is 54.6 Å². The molecular weight excluding hydrogens is 354 g/mol. The number of benzene rings is 3. The van der Waals surface area contributed by atoms with Gasteiger partial charge in [0.25, 0.3) is 0 Å². The van der Waals surface area contributed by atoms with Crippen LogP contribution in [0.25, 0.3) is 21.9 Å². The largest absolute Gasteiger partial charge is 0.372 e. The summed E-state index contributed by atoms with van der Waals surface area (Å²) in [7, 11) is 6.13. The Labute approximate surface area is 168 Å². The SMILES string of the molecule is COC1(C)c2ccc(-c3ccc4ccccc4c3)cc2CCC1N(C)C.Cl. The summed E-state index contributed by atoms with van der Waals surface area (Å²) in [5.74, 6) is 0. The summed E-state index contributed by atoms with van der Waals surface area (Å²) in [6, 6.07) is 22.6. The van der Waals surface area contributed by atoms with Crippen molar-refractivity contribution in [3.63, 3.8) is 0 Å². The van der Waals surface area contributed by atoms with E-state index in [2.05, 4.69) is 86.6 Å². The van der Waals surface area contributed by atoms with Crippen LogP contribution in [-0.4, -0.2) is 32.1 Å². The maximum Gasteiger partial charge on any atom is 0.106 e. The summed E-state index contributed by atoms with van der Waals surface area (Å²) in [6.45, 7) is 2.23. The van der Waals surface area contributed by atoms with Crippen molar-refractivity contribution in [2.45, 2.75) is 31.4 Å². The van der Waals surface area contributed by atoms with Crippen LogP contribution in [0.4, 0.5) is 0 Å². The van der Waals surface area contributed by atoms with Crippen molar-refractivity contribution >= 4 is 23.2 Å². The summed E-state index contributed by atoms with van der Waals surface area (Å²) in [5, 5.41) is 2.58. The van der Waals surface area contributed by atoms with E-state index in [0.29, 0.717) is 6.04 Å². The first-order valence-corrected chi connectivity index (χ1v) is 9.37. The van der Waals surface area contributed by atoms with E-state index in [9.17, 15) is 0 Å². The highest BCUT2D eigenvalue weighted by atomic mass is 35.5. The molecule has 3 heteroatoms. The van der Waals surface area contributed by atoms with E-state index in [0.717, 1.165) is 12.8 Å². The fourth-order valence-corrected chi connectivity index (χ4v) is 4.58. The van der Waals surface area contributed by atoms with Crippen molar-refractivity contribution in [3.05, 3.63) is 71.8 Å². The summed E-state index contributed by atoms with van der Waals surface area (Å²) < 4.78 is 6.04. The van der Waals surface area contributed by atoms with Gasteiger partial charge < -0.3 is 9.64 Å². The predicted molar refractivity (Wildman–Crippen MR) is 117 cm³/mol. The fourth-order valence-electron chi connectivity index (χ4n) is 4.58. The number of rotatable bonds is 3. The molecule has 0 aromatic heterocycles. The first kappa shape index (κ1) is 19.9. The smallest absolute Gasteiger partial charge is 0.106 e. The van der Waals surface area contributed by atoms with Crippen LogP contribution in [0.15, 0.2) is 60.7 Å². The molecule has 0 radical (unpaired) electrons. The second kappa shape index (κ2) is 7.63. The van der Waals surface area contributed by atoms with Crippen molar-refractivity contribution in [2.75, 3.05) is 21.2 Å². The van der Waals surface area contributed by atoms with Crippen LogP contribution in [0, 0.1) is 0 Å². The Morgan fingerprint density at radius 2 is 1.59 bits per heavy atom. The lowest BCUT2D eigenvalue weighted by Gasteiger charge is -2.45. The second-order valence-corrected chi connectivity index (χ2v) is 7.76. The zero-order valence-corrected chi connectivity index (χ0v) is 17.3. The van der Waals surface area contributed by atoms with Crippen LogP contribution in [0.5, 0.6) is 0 Å². The van der Waals surface area contributed by atoms with Gasteiger partial charge in [0.05, 0.1) is 0 Å². The van der Waals surface area contributed by atoms with Gasteiger partial charge in [0.2, 0.25) is 0 Å². The first-order chi connectivity index (χ1) is 12.5. The third kappa shape index (κ3) is 3.38. The Kier molecular flexibility index (Phi) is 5.62. The van der Waals surface area contributed by atoms with E-state index in [1.54, 1.807) is 0 Å². The van der Waals surface area contributed by atoms with Crippen LogP contribution >= 0.6 is 12.4 Å². The molecule has 0 spiro atoms. The Morgan fingerprint density at radius 1 is 0.926 bits per heavy atom. The van der Waals surface area contributed by atoms with Gasteiger partial charge in [-0.05, 0) is 73.0 Å². The highest BCUT2D eigenvalue weighted by Gasteiger charge is 2.41. The quantitative estimate of drug-likeness (QED) is 0.579. The van der Waals surface area contributed by atoms with Gasteiger partial charge in [-0.25, -0.2) is 0 Å². The Morgan fingerprint density at radius 3 is 2.30 bits per heavy atom. The number of aryl methyl sites for hydroxylation is 1. The van der Waals surface area contributed by atoms with Crippen molar-refractivity contribution in [3.8, 4) is 11.1 Å². The maximum absolute atomic E-state index is 6.04. The molecule has 27 heavy (non-hydrogen) atoms. The molecule has 0 N–H and O–H groups in total. The van der Waals surface area contributed by atoms with E-state index in [4.69, 9.17) is 4.74 Å². The second-order valence-electron chi connectivity index (χ2n) is 7.76. The molecular formula is C24H28ClNO. The lowest BCUT2D eigenvalue weighted by molar-refractivity contribution is -0.0686. The highest BCUT2D eigenvalue weighted by molar-refractivity contribution is 5.87. The normalized spacial score (nSPS) is 21.7. The van der Waals surface area contributed by atoms with Crippen LogP contribution in [0.3, 0.4) is 0 Å². The zero-order chi connectivity index (χ0) is 18.3. The third-order valence-electron chi connectivity index (χ3n) is 6.09. The number of nitrogens with zero attached hydrogens (tertiary/aromatic N) is 1. The molecule has 3 aromatic rings. The molecule has 0 heterocycles. The molecule has 2 unspecified atom stereocenters. The summed E-state index contributed by atoms with van der Waals surface area (Å²) in [5.41, 5.74) is 5.04. The van der Waals surface area contributed by atoms with Crippen LogP contribution in [0.1, 0.15) is 24.5 Å². The molecule has 2 atom stereocenters. The minimum absolute atomic E-state index is 0. The predicted octanol–water partition coefficient (Wildman–Crippen LogP) is 5.67. The highest BCUT2D eigenvalue weighted by Crippen LogP contribution is 2.41. The van der Waals surface area contributed by atoms with E-state index >= 15 is 0 Å². The van der Waals surface area contributed by atoms with Gasteiger partial charge in [-0.3, -0.25) is 0 Å². The zero-order valence-electron chi connectivity index (χ0n) is 16.5. The van der Waals surface area contributed by atoms with E-state index in [-0.39, 0.29) is 18.0 Å². The molecule has 0 saturated heterocycles. The minimum Gasteiger partial charge on any atom is -0.372 e. The number of hydrogen-bond acceptors (Lipinski definition) is 2. The van der Waals surface area contributed by atoms with Gasteiger partial charge >= 0.3 is 0 Å². The van der Waals surface area contributed by atoms with Crippen LogP contribution in [0.2, 0.25) is 0 Å². The molecule has 0 fully saturated rings. The fraction of sp³-hybridized carbons (Fsp3) is 0.333. The van der Waals surface area contributed by atoms with E-state index < -0.39 is 0 Å². The van der Waals surface area contributed by atoms with E-state index in [1.165, 1.54) is 33.0 Å². The molecule has 142 valence electrons. The first-order valence-electron chi connectivity index (χ1n) is 9.37. The molecule has 4 rings (SSSR count). The molecule has 0 aliphatic heterocycles. The van der Waals surface area contributed by atoms with Gasteiger partial charge in [0.1, 0.15) is 5.60 Å². The van der Waals surface area contributed by atoms with Crippen molar-refractivity contribution in [1.29, 1.82) is 0 Å². The van der Waals surface area contributed by atoms with Crippen molar-refractivity contribution < 1.29 is 4.74 Å². The van der Waals surface area contributed by atoms with Crippen molar-refractivity contribution in [2.24, 2.45) is 0 Å². The standard InChI is InChI=1S/C24H27NO.ClH/c1-24(26-4)22-13-11-20(16-21(22)12-14-23(24)25(2)3)19-10-9-17-7-5-6-8-18(17)15-19;/h5-11,13,15-16,23H,12,14H2,1-4H3;1H. The summed E-state index contributed by atoms with van der Waals surface area (Å²) in [4.78, 5) is 2.30. The lowest BCUT2D eigenvalue weighted by atomic mass is 9.75. The number of ether oxygens (including phenoxy) is 1. The van der Waals surface area contributed by atoms with Crippen LogP contribution < -0.4 is 0 Å². The summed E-state index contributed by atoms with van der Waals surface area (Å²) >= 11 is 0. The molecule has 2 nitrogen and oxygen atoms in total. The topological polar surface area (TPSA) is 12.5 Å². The lowest BCUT2D eigenvalue weighted by Crippen LogP contribution is -2.50. The Bertz CT molecular complexity index is 952.